The molecular formula is C35H45N11O5. The van der Waals surface area contributed by atoms with Gasteiger partial charge >= 0.3 is 0 Å². The molecule has 51 heavy (non-hydrogen) atoms. The van der Waals surface area contributed by atoms with Gasteiger partial charge in [0.05, 0.1) is 6.54 Å². The third-order valence-electron chi connectivity index (χ3n) is 8.17. The number of nitrogens with two attached hydrogens (primary N) is 4. The third-order valence-corrected chi connectivity index (χ3v) is 8.17. The first-order chi connectivity index (χ1) is 24.5. The summed E-state index contributed by atoms with van der Waals surface area (Å²) in [6.07, 6.45) is 0.912. The zero-order valence-corrected chi connectivity index (χ0v) is 28.1. The number of amides is 5. The lowest BCUT2D eigenvalue weighted by atomic mass is 10.00. The number of aliphatic imine (C=N–C) groups is 2. The van der Waals surface area contributed by atoms with Crippen LogP contribution in [0.3, 0.4) is 0 Å². The largest absolute Gasteiger partial charge is 0.370 e. The lowest BCUT2D eigenvalue weighted by molar-refractivity contribution is -0.134. The monoisotopic (exact) mass is 699 g/mol. The van der Waals surface area contributed by atoms with Crippen molar-refractivity contribution in [1.29, 1.82) is 0 Å². The van der Waals surface area contributed by atoms with Crippen LogP contribution in [0.5, 0.6) is 0 Å². The van der Waals surface area contributed by atoms with E-state index in [-0.39, 0.29) is 44.3 Å². The standard InChI is InChI=1S/C35H45N11O5/c36-34(37)40-16-6-12-25-32(50)46-29(23-9-2-1-3-10-23)33(51)44-26(13-7-17-41-35(38)39)31(49)45-27(30(48)42-20-28(47)43-25)19-21-14-15-22-8-4-5-11-24(22)18-21/h1-5,8-11,14-15,18,25-27,29H,6-7,12-13,16-17,19-20H2,(H,42,48)(H,43,47)(H,44,51)(H,45,49)(H,46,50)(H4,36,37,40)(H4,38,39,41)/t25-,26-,27-,29?/m0/s1. The van der Waals surface area contributed by atoms with E-state index < -0.39 is 60.2 Å². The molecule has 16 nitrogen and oxygen atoms in total. The molecule has 16 heteroatoms. The van der Waals surface area contributed by atoms with Gasteiger partial charge in [-0.05, 0) is 47.6 Å². The number of nitrogens with zero attached hydrogens (tertiary/aromatic N) is 2. The molecule has 5 amide bonds. The van der Waals surface area contributed by atoms with E-state index in [1.807, 2.05) is 42.5 Å². The summed E-state index contributed by atoms with van der Waals surface area (Å²) < 4.78 is 0. The lowest BCUT2D eigenvalue weighted by Gasteiger charge is -2.26. The normalized spacial score (nSPS) is 20.4. The number of carbonyl (C=O) groups is 5. The fraction of sp³-hybridized carbons (Fsp3) is 0.343. The summed E-state index contributed by atoms with van der Waals surface area (Å²) in [6.45, 7) is -0.119. The quantitative estimate of drug-likeness (QED) is 0.0669. The lowest BCUT2D eigenvalue weighted by Crippen LogP contribution is -2.56. The van der Waals surface area contributed by atoms with Gasteiger partial charge in [-0.3, -0.25) is 34.0 Å². The van der Waals surface area contributed by atoms with E-state index in [1.54, 1.807) is 30.3 Å². The Morgan fingerprint density at radius 2 is 1.18 bits per heavy atom. The third kappa shape index (κ3) is 11.7. The predicted octanol–water partition coefficient (Wildman–Crippen LogP) is -1.07. The smallest absolute Gasteiger partial charge is 0.247 e. The topological polar surface area (TPSA) is 274 Å². The summed E-state index contributed by atoms with van der Waals surface area (Å²) in [4.78, 5) is 76.2. The number of carbonyl (C=O) groups excluding carboxylic acids is 5. The Kier molecular flexibility index (Phi) is 13.7. The van der Waals surface area contributed by atoms with Crippen molar-refractivity contribution in [1.82, 2.24) is 26.6 Å². The minimum absolute atomic E-state index is 0.0821. The highest BCUT2D eigenvalue weighted by atomic mass is 16.2. The maximum absolute atomic E-state index is 14.0. The number of hydrogen-bond donors (Lipinski definition) is 9. The Labute approximate surface area is 295 Å². The molecule has 4 rings (SSSR count). The number of fused-ring (bicyclic) bond motifs is 1. The molecule has 1 aliphatic rings. The summed E-state index contributed by atoms with van der Waals surface area (Å²) in [5.41, 5.74) is 23.0. The van der Waals surface area contributed by atoms with Gasteiger partial charge in [0.2, 0.25) is 29.5 Å². The van der Waals surface area contributed by atoms with Crippen LogP contribution in [0.25, 0.3) is 10.8 Å². The number of rotatable bonds is 11. The molecule has 13 N–H and O–H groups in total. The molecular weight excluding hydrogens is 654 g/mol. The van der Waals surface area contributed by atoms with E-state index in [0.29, 0.717) is 18.4 Å². The van der Waals surface area contributed by atoms with Crippen LogP contribution >= 0.6 is 0 Å². The molecule has 1 fully saturated rings. The van der Waals surface area contributed by atoms with Gasteiger partial charge in [-0.2, -0.15) is 0 Å². The summed E-state index contributed by atoms with van der Waals surface area (Å²) >= 11 is 0. The average molecular weight is 700 g/mol. The Morgan fingerprint density at radius 1 is 0.608 bits per heavy atom. The van der Waals surface area contributed by atoms with Crippen LogP contribution in [0.1, 0.15) is 42.9 Å². The van der Waals surface area contributed by atoms with Crippen LogP contribution in [0, 0.1) is 0 Å². The first-order valence-corrected chi connectivity index (χ1v) is 16.6. The van der Waals surface area contributed by atoms with Crippen LogP contribution in [0.4, 0.5) is 0 Å². The summed E-state index contributed by atoms with van der Waals surface area (Å²) in [7, 11) is 0. The molecule has 3 aromatic carbocycles. The molecule has 1 unspecified atom stereocenters. The average Bonchev–Trinajstić information content (AvgIpc) is 3.11. The minimum Gasteiger partial charge on any atom is -0.370 e. The highest BCUT2D eigenvalue weighted by Crippen LogP contribution is 2.18. The van der Waals surface area contributed by atoms with Crippen molar-refractivity contribution >= 4 is 52.2 Å². The van der Waals surface area contributed by atoms with Crippen LogP contribution in [-0.4, -0.2) is 79.2 Å². The molecule has 0 aliphatic carbocycles. The van der Waals surface area contributed by atoms with Crippen molar-refractivity contribution in [3.63, 3.8) is 0 Å². The van der Waals surface area contributed by atoms with Gasteiger partial charge in [-0.25, -0.2) is 0 Å². The van der Waals surface area contributed by atoms with E-state index in [9.17, 15) is 24.0 Å². The summed E-state index contributed by atoms with van der Waals surface area (Å²) in [5.74, 6) is -3.54. The molecule has 1 heterocycles. The van der Waals surface area contributed by atoms with Crippen molar-refractivity contribution in [3.8, 4) is 0 Å². The number of hydrogen-bond acceptors (Lipinski definition) is 7. The van der Waals surface area contributed by atoms with E-state index in [0.717, 1.165) is 16.3 Å². The molecule has 1 aliphatic heterocycles. The van der Waals surface area contributed by atoms with E-state index in [2.05, 4.69) is 36.6 Å². The molecule has 0 bridgehead atoms. The van der Waals surface area contributed by atoms with Gasteiger partial charge in [0, 0.05) is 19.5 Å². The SMILES string of the molecule is NC(N)=NCCC[C@@H]1NC(=O)CNC(=O)[C@H](Cc2ccc3ccccc3c2)NC(=O)[C@H](CCCN=C(N)N)NC(=O)C(c2ccccc2)NC1=O. The van der Waals surface area contributed by atoms with Crippen LogP contribution < -0.4 is 49.5 Å². The second kappa shape index (κ2) is 18.5. The molecule has 270 valence electrons. The second-order valence-corrected chi connectivity index (χ2v) is 12.1. The molecule has 0 radical (unpaired) electrons. The molecule has 0 saturated carbocycles. The highest BCUT2D eigenvalue weighted by molar-refractivity contribution is 5.97. The highest BCUT2D eigenvalue weighted by Gasteiger charge is 2.33. The van der Waals surface area contributed by atoms with Crippen LogP contribution in [-0.2, 0) is 30.4 Å². The van der Waals surface area contributed by atoms with Gasteiger partial charge in [-0.1, -0.05) is 72.8 Å². The zero-order valence-electron chi connectivity index (χ0n) is 28.1. The van der Waals surface area contributed by atoms with Crippen molar-refractivity contribution in [2.45, 2.75) is 56.3 Å². The van der Waals surface area contributed by atoms with Crippen molar-refractivity contribution in [2.75, 3.05) is 19.6 Å². The number of benzene rings is 3. The van der Waals surface area contributed by atoms with Crippen LogP contribution in [0.2, 0.25) is 0 Å². The second-order valence-electron chi connectivity index (χ2n) is 12.1. The Bertz CT molecular complexity index is 1760. The fourth-order valence-electron chi connectivity index (χ4n) is 5.61. The van der Waals surface area contributed by atoms with E-state index in [1.165, 1.54) is 0 Å². The maximum Gasteiger partial charge on any atom is 0.247 e. The molecule has 1 saturated heterocycles. The Morgan fingerprint density at radius 3 is 1.82 bits per heavy atom. The first kappa shape index (κ1) is 37.6. The van der Waals surface area contributed by atoms with Gasteiger partial charge in [0.1, 0.15) is 24.2 Å². The minimum atomic E-state index is -1.25. The van der Waals surface area contributed by atoms with Crippen molar-refractivity contribution < 1.29 is 24.0 Å². The molecule has 0 spiro atoms. The number of guanidine groups is 2. The van der Waals surface area contributed by atoms with E-state index >= 15 is 0 Å². The van der Waals surface area contributed by atoms with E-state index in [4.69, 9.17) is 22.9 Å². The Hall–Kier alpha value is -6.19. The fourth-order valence-corrected chi connectivity index (χ4v) is 5.61. The van der Waals surface area contributed by atoms with Gasteiger partial charge in [-0.15, -0.1) is 0 Å². The maximum atomic E-state index is 14.0. The molecule has 0 aromatic heterocycles. The summed E-state index contributed by atoms with van der Waals surface area (Å²) in [5, 5.41) is 15.5. The molecule has 4 atom stereocenters. The van der Waals surface area contributed by atoms with Crippen molar-refractivity contribution in [2.24, 2.45) is 32.9 Å². The van der Waals surface area contributed by atoms with Gasteiger partial charge in [0.25, 0.3) is 0 Å². The summed E-state index contributed by atoms with van der Waals surface area (Å²) in [6, 6.07) is 17.2. The van der Waals surface area contributed by atoms with Crippen LogP contribution in [0.15, 0.2) is 82.8 Å². The van der Waals surface area contributed by atoms with Gasteiger partial charge in [0.15, 0.2) is 11.9 Å². The molecule has 3 aromatic rings. The zero-order chi connectivity index (χ0) is 36.8. The predicted molar refractivity (Wildman–Crippen MR) is 194 cm³/mol. The first-order valence-electron chi connectivity index (χ1n) is 16.6. The van der Waals surface area contributed by atoms with Crippen molar-refractivity contribution in [3.05, 3.63) is 83.9 Å². The van der Waals surface area contributed by atoms with Gasteiger partial charge < -0.3 is 49.5 Å². The Balaban J connectivity index is 1.68. The number of nitrogens with one attached hydrogen (secondary N) is 5.